The molecule has 0 radical (unpaired) electrons. The van der Waals surface area contributed by atoms with Crippen LogP contribution in [0.4, 0.5) is 0 Å². The smallest absolute Gasteiger partial charge is 0.232 e. The lowest BCUT2D eigenvalue weighted by molar-refractivity contribution is -0.643. The third-order valence-electron chi connectivity index (χ3n) is 33.9. The minimum Gasteiger partial charge on any atom is -0.232 e. The van der Waals surface area contributed by atoms with Gasteiger partial charge in [0.05, 0.1) is 62.3 Å². The molecular formula is C128H135N10+5. The molecule has 10 nitrogen and oxygen atoms in total. The average molecular weight is 1810 g/mol. The van der Waals surface area contributed by atoms with Crippen LogP contribution in [0.1, 0.15) is 189 Å². The molecule has 0 saturated heterocycles. The van der Waals surface area contributed by atoms with Crippen LogP contribution in [0.2, 0.25) is 0 Å². The summed E-state index contributed by atoms with van der Waals surface area (Å²) in [7, 11) is 11.0. The zero-order valence-corrected chi connectivity index (χ0v) is 86.3. The lowest BCUT2D eigenvalue weighted by Crippen LogP contribution is -2.51. The zero-order chi connectivity index (χ0) is 97.1. The maximum atomic E-state index is 2.59. The molecule has 0 unspecified atom stereocenters. The molecule has 13 aromatic carbocycles. The number of aryl methyl sites for hydroxylation is 10. The van der Waals surface area contributed by atoms with E-state index in [9.17, 15) is 0 Å². The van der Waals surface area contributed by atoms with E-state index in [1.807, 2.05) is 0 Å². The van der Waals surface area contributed by atoms with Crippen LogP contribution in [0.5, 0.6) is 0 Å². The topological polar surface area (TPSA) is 42.7 Å². The first-order valence-corrected chi connectivity index (χ1v) is 50.1. The van der Waals surface area contributed by atoms with Gasteiger partial charge >= 0.3 is 0 Å². The molecule has 0 bridgehead atoms. The van der Waals surface area contributed by atoms with Gasteiger partial charge in [0.2, 0.25) is 0 Å². The van der Waals surface area contributed by atoms with E-state index >= 15 is 0 Å². The summed E-state index contributed by atoms with van der Waals surface area (Å²) in [6.07, 6.45) is 6.88. The van der Waals surface area contributed by atoms with Crippen LogP contribution >= 0.6 is 0 Å². The Bertz CT molecular complexity index is 8790. The summed E-state index contributed by atoms with van der Waals surface area (Å²) in [6, 6.07) is 102. The highest BCUT2D eigenvalue weighted by molar-refractivity contribution is 6.17. The van der Waals surface area contributed by atoms with Crippen molar-refractivity contribution in [3.8, 4) is 39.6 Å². The van der Waals surface area contributed by atoms with Gasteiger partial charge in [-0.2, -0.15) is 22.2 Å². The zero-order valence-electron chi connectivity index (χ0n) is 86.3. The highest BCUT2D eigenvalue weighted by Crippen LogP contribution is 2.56. The predicted molar refractivity (Wildman–Crippen MR) is 579 cm³/mol. The molecule has 0 saturated carbocycles. The second-order valence-corrected chi connectivity index (χ2v) is 44.4. The molecule has 0 fully saturated rings. The number of aromatic nitrogens is 10. The fraction of sp³-hybridized carbons (Fsp3) is 0.289. The number of fused-ring (bicyclic) bond motifs is 16. The number of rotatable bonds is 8. The summed E-state index contributed by atoms with van der Waals surface area (Å²) in [4.78, 5) is 0. The number of nitrogens with zero attached hydrogens (tertiary/aromatic N) is 10. The molecule has 0 atom stereocenters. The van der Waals surface area contributed by atoms with Gasteiger partial charge in [0.1, 0.15) is 45.8 Å². The SMILES string of the molecule is Cc1cccc2c3cccc4c3[n+]3c(c(C)n(C)c3c12)C(C)(C)C4(C)C.Cc1cccc2c3cccc4c3n3c(c(-c5ccccc5)[n+](C)c3c12)C(C)(C)C4(C)C.Cc1cccc2c3cccc4c3n3c(c[n+](C)c3c12)C(C)(C)C4(C)C.Cc1cccc2c3ccccc3n3c(-c4c(CC(C)C)cccc4CC(C)C)c[n+](C)c3c12.Cc1ccccc1-c1n(-c2ccccc2)c2ccccc2[n+]1C. The van der Waals surface area contributed by atoms with Gasteiger partial charge < -0.3 is 0 Å². The Morgan fingerprint density at radius 2 is 0.754 bits per heavy atom. The van der Waals surface area contributed by atoms with E-state index in [2.05, 4.69) is 524 Å². The van der Waals surface area contributed by atoms with Crippen LogP contribution in [0.15, 0.2) is 291 Å². The molecular weight excluding hydrogens is 1680 g/mol. The van der Waals surface area contributed by atoms with Crippen molar-refractivity contribution < 1.29 is 22.7 Å². The molecule has 3 aliphatic rings. The fourth-order valence-corrected chi connectivity index (χ4v) is 25.0. The summed E-state index contributed by atoms with van der Waals surface area (Å²) in [5.41, 5.74) is 40.5. The predicted octanol–water partition coefficient (Wildman–Crippen LogP) is 28.7. The van der Waals surface area contributed by atoms with Gasteiger partial charge in [0.25, 0.3) is 28.4 Å². The Labute approximate surface area is 814 Å². The summed E-state index contributed by atoms with van der Waals surface area (Å²) in [5, 5.41) is 16.3. The van der Waals surface area contributed by atoms with Crippen molar-refractivity contribution in [2.45, 2.75) is 198 Å². The molecule has 0 N–H and O–H groups in total. The molecule has 9 aromatic heterocycles. The van der Waals surface area contributed by atoms with Gasteiger partial charge in [-0.25, -0.2) is 22.8 Å². The largest absolute Gasteiger partial charge is 0.295 e. The third-order valence-corrected chi connectivity index (χ3v) is 33.9. The molecule has 138 heavy (non-hydrogen) atoms. The van der Waals surface area contributed by atoms with E-state index < -0.39 is 0 Å². The molecule has 692 valence electrons. The molecule has 0 amide bonds. The van der Waals surface area contributed by atoms with E-state index in [0.717, 1.165) is 12.8 Å². The Hall–Kier alpha value is -13.8. The van der Waals surface area contributed by atoms with Crippen molar-refractivity contribution in [1.29, 1.82) is 0 Å². The summed E-state index contributed by atoms with van der Waals surface area (Å²) in [5.74, 6) is 2.42. The lowest BCUT2D eigenvalue weighted by Gasteiger charge is -2.43. The Morgan fingerprint density at radius 3 is 1.33 bits per heavy atom. The van der Waals surface area contributed by atoms with Crippen molar-refractivity contribution in [1.82, 2.24) is 22.3 Å². The maximum Gasteiger partial charge on any atom is 0.295 e. The molecule has 25 rings (SSSR count). The first-order chi connectivity index (χ1) is 65.9. The van der Waals surface area contributed by atoms with E-state index in [1.165, 1.54) is 238 Å². The second-order valence-electron chi connectivity index (χ2n) is 44.4. The van der Waals surface area contributed by atoms with Crippen molar-refractivity contribution in [3.05, 3.63) is 370 Å². The van der Waals surface area contributed by atoms with Crippen molar-refractivity contribution in [3.63, 3.8) is 0 Å². The van der Waals surface area contributed by atoms with Gasteiger partial charge in [-0.05, 0) is 135 Å². The van der Waals surface area contributed by atoms with Crippen LogP contribution in [-0.4, -0.2) is 22.3 Å². The van der Waals surface area contributed by atoms with E-state index in [1.54, 1.807) is 0 Å². The number of para-hydroxylation sites is 7. The molecule has 22 aromatic rings. The van der Waals surface area contributed by atoms with Gasteiger partial charge in [0, 0.05) is 110 Å². The van der Waals surface area contributed by atoms with E-state index in [0.29, 0.717) is 11.8 Å². The average Bonchev–Trinajstić information content (AvgIpc) is 1.48. The Morgan fingerprint density at radius 1 is 0.333 bits per heavy atom. The van der Waals surface area contributed by atoms with Crippen LogP contribution in [0, 0.1) is 53.4 Å². The van der Waals surface area contributed by atoms with E-state index in [-0.39, 0.29) is 32.5 Å². The van der Waals surface area contributed by atoms with Crippen molar-refractivity contribution in [2.24, 2.45) is 47.1 Å². The van der Waals surface area contributed by atoms with Gasteiger partial charge in [-0.15, -0.1) is 0 Å². The number of hydrogen-bond acceptors (Lipinski definition) is 0. The molecule has 0 aliphatic carbocycles. The van der Waals surface area contributed by atoms with Crippen LogP contribution < -0.4 is 22.7 Å². The number of hydrogen-bond donors (Lipinski definition) is 0. The molecule has 12 heterocycles. The minimum atomic E-state index is -0.0556. The first kappa shape index (κ1) is 90.6. The summed E-state index contributed by atoms with van der Waals surface area (Å²) >= 11 is 0. The van der Waals surface area contributed by atoms with Crippen molar-refractivity contribution in [2.75, 3.05) is 0 Å². The minimum absolute atomic E-state index is 0.0121. The van der Waals surface area contributed by atoms with Gasteiger partial charge in [0.15, 0.2) is 39.5 Å². The summed E-state index contributed by atoms with van der Waals surface area (Å²) in [6.45, 7) is 51.5. The van der Waals surface area contributed by atoms with E-state index in [4.69, 9.17) is 0 Å². The highest BCUT2D eigenvalue weighted by Gasteiger charge is 2.55. The normalized spacial score (nSPS) is 15.0. The Balaban J connectivity index is 0.000000103. The van der Waals surface area contributed by atoms with Crippen LogP contribution in [0.3, 0.4) is 0 Å². The first-order valence-electron chi connectivity index (χ1n) is 50.1. The van der Waals surface area contributed by atoms with Crippen molar-refractivity contribution >= 4 is 120 Å². The third kappa shape index (κ3) is 13.1. The number of pyridine rings is 4. The highest BCUT2D eigenvalue weighted by atomic mass is 15.2. The standard InChI is InChI=1S/C31H35N2.C29H29N2.C24H27N2.C23H25N2.C21H19N2/c1-20(2)17-23-12-10-13-24(18-21(3)4)30(23)28-19-32(6)31-29-22(5)11-9-15-26(29)25-14-7-8-16-27(25)33(28)31;1-18-12-10-15-20-21-16-11-17-22-25(21)31-26(29(4,5)28(22,2)3)24(19-13-8-7-9-14-19)30(6)27(31)23(18)20;1-14-10-8-11-16-17-12-9-13-18-20(17)26-21(24(5,6)23(18,3)4)15(2)25(7)22(26)19(14)16;1-14-9-7-10-15-16-11-8-12-17-20(16)25-18(23(4,5)22(17,2)3)13-24(6)21(25)19(14)15;1-16-10-6-7-13-18(16)21-22(2)19-14-8-9-15-20(19)23(21)17-11-4-3-5-12-17/h7-16,19-21H,17-18H2,1-6H3;7-17H,1-6H3;8-13H,1-7H3;7-13H,1-6H3;3-15H,1-2H3/q5*+1. The molecule has 3 aliphatic heterocycles. The summed E-state index contributed by atoms with van der Waals surface area (Å²) < 4.78 is 24.4. The van der Waals surface area contributed by atoms with Gasteiger partial charge in [-0.1, -0.05) is 353 Å². The van der Waals surface area contributed by atoms with Crippen LogP contribution in [0.25, 0.3) is 160 Å². The molecule has 10 heteroatoms. The maximum absolute atomic E-state index is 2.59. The number of imidazole rings is 5. The van der Waals surface area contributed by atoms with Gasteiger partial charge in [-0.3, -0.25) is 0 Å². The number of benzene rings is 13. The second kappa shape index (κ2) is 32.7. The molecule has 0 spiro atoms. The van der Waals surface area contributed by atoms with Crippen LogP contribution in [-0.2, 0) is 80.6 Å². The quantitative estimate of drug-likeness (QED) is 0.107. The fourth-order valence-electron chi connectivity index (χ4n) is 25.0. The monoisotopic (exact) mass is 1810 g/mol. The lowest BCUT2D eigenvalue weighted by atomic mass is 9.60. The Kier molecular flexibility index (Phi) is 21.5.